The SMILES string of the molecule is CC(=O)c1cnc(I)c(C)n1. The molecule has 0 N–H and O–H groups in total. The number of carbonyl (C=O) groups excluding carboxylic acids is 1. The highest BCUT2D eigenvalue weighted by atomic mass is 127. The summed E-state index contributed by atoms with van der Waals surface area (Å²) in [4.78, 5) is 18.9. The Morgan fingerprint density at radius 1 is 1.64 bits per heavy atom. The molecule has 0 atom stereocenters. The molecule has 0 aliphatic heterocycles. The third kappa shape index (κ3) is 1.95. The van der Waals surface area contributed by atoms with Gasteiger partial charge in [-0.05, 0) is 29.5 Å². The second-order valence-corrected chi connectivity index (χ2v) is 3.21. The molecular formula is C7H7IN2O. The highest BCUT2D eigenvalue weighted by molar-refractivity contribution is 14.1. The first-order valence-corrected chi connectivity index (χ1v) is 4.19. The van der Waals surface area contributed by atoms with Crippen LogP contribution in [0.1, 0.15) is 23.1 Å². The van der Waals surface area contributed by atoms with E-state index >= 15 is 0 Å². The molecule has 0 saturated carbocycles. The molecular weight excluding hydrogens is 255 g/mol. The fourth-order valence-corrected chi connectivity index (χ4v) is 0.896. The Morgan fingerprint density at radius 3 is 2.73 bits per heavy atom. The van der Waals surface area contributed by atoms with E-state index in [1.54, 1.807) is 0 Å². The van der Waals surface area contributed by atoms with E-state index in [4.69, 9.17) is 0 Å². The van der Waals surface area contributed by atoms with Crippen molar-refractivity contribution in [3.05, 3.63) is 21.3 Å². The number of ketones is 1. The summed E-state index contributed by atoms with van der Waals surface area (Å²) in [5.41, 5.74) is 1.24. The summed E-state index contributed by atoms with van der Waals surface area (Å²) >= 11 is 2.08. The second-order valence-electron chi connectivity index (χ2n) is 2.19. The first-order chi connectivity index (χ1) is 5.11. The van der Waals surface area contributed by atoms with E-state index in [1.807, 2.05) is 6.92 Å². The van der Waals surface area contributed by atoms with Gasteiger partial charge in [-0.2, -0.15) is 0 Å². The monoisotopic (exact) mass is 262 g/mol. The van der Waals surface area contributed by atoms with Crippen LogP contribution in [0.2, 0.25) is 0 Å². The van der Waals surface area contributed by atoms with E-state index in [9.17, 15) is 4.79 Å². The van der Waals surface area contributed by atoms with E-state index in [0.717, 1.165) is 9.39 Å². The van der Waals surface area contributed by atoms with Crippen LogP contribution in [0.5, 0.6) is 0 Å². The van der Waals surface area contributed by atoms with Gasteiger partial charge in [0.25, 0.3) is 0 Å². The van der Waals surface area contributed by atoms with Crippen LogP contribution in [0.3, 0.4) is 0 Å². The largest absolute Gasteiger partial charge is 0.293 e. The van der Waals surface area contributed by atoms with Crippen molar-refractivity contribution >= 4 is 28.4 Å². The smallest absolute Gasteiger partial charge is 0.179 e. The maximum atomic E-state index is 10.8. The molecule has 1 aromatic heterocycles. The van der Waals surface area contributed by atoms with E-state index < -0.39 is 0 Å². The highest BCUT2D eigenvalue weighted by Crippen LogP contribution is 2.05. The third-order valence-electron chi connectivity index (χ3n) is 1.25. The van der Waals surface area contributed by atoms with Gasteiger partial charge >= 0.3 is 0 Å². The van der Waals surface area contributed by atoms with Crippen LogP contribution in [0.15, 0.2) is 6.20 Å². The molecule has 58 valence electrons. The lowest BCUT2D eigenvalue weighted by atomic mass is 10.3. The number of aromatic nitrogens is 2. The minimum absolute atomic E-state index is 0.0444. The number of aryl methyl sites for hydroxylation is 1. The van der Waals surface area contributed by atoms with Gasteiger partial charge in [0.2, 0.25) is 0 Å². The molecule has 1 aromatic rings. The maximum Gasteiger partial charge on any atom is 0.179 e. The lowest BCUT2D eigenvalue weighted by molar-refractivity contribution is 0.101. The van der Waals surface area contributed by atoms with Crippen molar-refractivity contribution in [3.8, 4) is 0 Å². The van der Waals surface area contributed by atoms with Gasteiger partial charge in [-0.1, -0.05) is 0 Å². The first-order valence-electron chi connectivity index (χ1n) is 3.11. The Kier molecular flexibility index (Phi) is 2.53. The van der Waals surface area contributed by atoms with Crippen molar-refractivity contribution in [1.29, 1.82) is 0 Å². The van der Waals surface area contributed by atoms with Gasteiger partial charge in [-0.25, -0.2) is 9.97 Å². The molecule has 0 aliphatic carbocycles. The number of carbonyl (C=O) groups is 1. The molecule has 3 nitrogen and oxygen atoms in total. The van der Waals surface area contributed by atoms with Crippen molar-refractivity contribution in [1.82, 2.24) is 9.97 Å². The van der Waals surface area contributed by atoms with Gasteiger partial charge in [-0.15, -0.1) is 0 Å². The zero-order valence-corrected chi connectivity index (χ0v) is 8.42. The summed E-state index contributed by atoms with van der Waals surface area (Å²) in [6.07, 6.45) is 1.50. The van der Waals surface area contributed by atoms with Gasteiger partial charge in [0, 0.05) is 6.92 Å². The predicted molar refractivity (Wildman–Crippen MR) is 49.5 cm³/mol. The van der Waals surface area contributed by atoms with E-state index in [2.05, 4.69) is 32.6 Å². The fraction of sp³-hybridized carbons (Fsp3) is 0.286. The van der Waals surface area contributed by atoms with Gasteiger partial charge in [0.15, 0.2) is 5.78 Å². The topological polar surface area (TPSA) is 42.9 Å². The molecule has 0 unspecified atom stereocenters. The molecule has 1 heterocycles. The molecule has 0 aromatic carbocycles. The van der Waals surface area contributed by atoms with Gasteiger partial charge in [0.1, 0.15) is 9.39 Å². The highest BCUT2D eigenvalue weighted by Gasteiger charge is 2.03. The van der Waals surface area contributed by atoms with Crippen molar-refractivity contribution in [2.45, 2.75) is 13.8 Å². The average Bonchev–Trinajstić information content (AvgIpc) is 1.94. The fourth-order valence-electron chi connectivity index (χ4n) is 0.637. The molecule has 0 aliphatic rings. The van der Waals surface area contributed by atoms with Gasteiger partial charge in [-0.3, -0.25) is 4.79 Å². The van der Waals surface area contributed by atoms with Crippen molar-refractivity contribution in [2.24, 2.45) is 0 Å². The Hall–Kier alpha value is -0.520. The molecule has 0 fully saturated rings. The Labute approximate surface area is 78.4 Å². The number of Topliss-reactive ketones (excluding diaryl/α,β-unsaturated/α-hetero) is 1. The van der Waals surface area contributed by atoms with Crippen LogP contribution in [0, 0.1) is 10.6 Å². The normalized spacial score (nSPS) is 9.73. The van der Waals surface area contributed by atoms with Crippen LogP contribution in [-0.4, -0.2) is 15.8 Å². The Bertz CT molecular complexity index is 298. The zero-order chi connectivity index (χ0) is 8.43. The molecule has 0 spiro atoms. The average molecular weight is 262 g/mol. The van der Waals surface area contributed by atoms with Crippen LogP contribution >= 0.6 is 22.6 Å². The van der Waals surface area contributed by atoms with Crippen LogP contribution in [0.25, 0.3) is 0 Å². The summed E-state index contributed by atoms with van der Waals surface area (Å²) in [7, 11) is 0. The van der Waals surface area contributed by atoms with Crippen LogP contribution in [-0.2, 0) is 0 Å². The van der Waals surface area contributed by atoms with Crippen molar-refractivity contribution < 1.29 is 4.79 Å². The van der Waals surface area contributed by atoms with Gasteiger partial charge in [0.05, 0.1) is 11.9 Å². The van der Waals surface area contributed by atoms with Crippen molar-refractivity contribution in [3.63, 3.8) is 0 Å². The van der Waals surface area contributed by atoms with Crippen molar-refractivity contribution in [2.75, 3.05) is 0 Å². The predicted octanol–water partition coefficient (Wildman–Crippen LogP) is 1.59. The maximum absolute atomic E-state index is 10.8. The number of rotatable bonds is 1. The Morgan fingerprint density at radius 2 is 2.27 bits per heavy atom. The van der Waals surface area contributed by atoms with Gasteiger partial charge < -0.3 is 0 Å². The molecule has 11 heavy (non-hydrogen) atoms. The summed E-state index contributed by atoms with van der Waals surface area (Å²) in [5, 5.41) is 0. The summed E-state index contributed by atoms with van der Waals surface area (Å²) in [6.45, 7) is 3.32. The van der Waals surface area contributed by atoms with E-state index in [-0.39, 0.29) is 5.78 Å². The summed E-state index contributed by atoms with van der Waals surface area (Å²) in [5.74, 6) is -0.0444. The number of hydrogen-bond acceptors (Lipinski definition) is 3. The summed E-state index contributed by atoms with van der Waals surface area (Å²) in [6, 6.07) is 0. The van der Waals surface area contributed by atoms with Crippen LogP contribution < -0.4 is 0 Å². The third-order valence-corrected chi connectivity index (χ3v) is 2.31. The number of halogens is 1. The lowest BCUT2D eigenvalue weighted by Crippen LogP contribution is -2.01. The zero-order valence-electron chi connectivity index (χ0n) is 6.26. The molecule has 0 amide bonds. The summed E-state index contributed by atoms with van der Waals surface area (Å²) < 4.78 is 0.840. The Balaban J connectivity index is 3.15. The van der Waals surface area contributed by atoms with E-state index in [1.165, 1.54) is 13.1 Å². The minimum atomic E-state index is -0.0444. The first kappa shape index (κ1) is 8.58. The molecule has 0 radical (unpaired) electrons. The van der Waals surface area contributed by atoms with E-state index in [0.29, 0.717) is 5.69 Å². The number of nitrogens with zero attached hydrogens (tertiary/aromatic N) is 2. The lowest BCUT2D eigenvalue weighted by Gasteiger charge is -1.97. The van der Waals surface area contributed by atoms with Crippen LogP contribution in [0.4, 0.5) is 0 Å². The second kappa shape index (κ2) is 3.25. The quantitative estimate of drug-likeness (QED) is 0.570. The molecule has 0 saturated heterocycles. The molecule has 0 bridgehead atoms. The number of hydrogen-bond donors (Lipinski definition) is 0. The standard InChI is InChI=1S/C7H7IN2O/c1-4-7(8)9-3-6(10-4)5(2)11/h3H,1-2H3. The molecule has 1 rings (SSSR count). The molecule has 4 heteroatoms. The minimum Gasteiger partial charge on any atom is -0.293 e.